The highest BCUT2D eigenvalue weighted by molar-refractivity contribution is 5.79. The Morgan fingerprint density at radius 1 is 1.18 bits per heavy atom. The van der Waals surface area contributed by atoms with Gasteiger partial charge < -0.3 is 14.4 Å². The van der Waals surface area contributed by atoms with Gasteiger partial charge in [-0.25, -0.2) is 0 Å². The molecule has 2 unspecified atom stereocenters. The van der Waals surface area contributed by atoms with E-state index in [2.05, 4.69) is 0 Å². The highest BCUT2D eigenvalue weighted by Crippen LogP contribution is 2.12. The predicted octanol–water partition coefficient (Wildman–Crippen LogP) is 2.50. The molecule has 0 saturated heterocycles. The zero-order chi connectivity index (χ0) is 16.5. The summed E-state index contributed by atoms with van der Waals surface area (Å²) in [6.45, 7) is 6.02. The van der Waals surface area contributed by atoms with Crippen molar-refractivity contribution in [1.82, 2.24) is 4.90 Å². The van der Waals surface area contributed by atoms with Crippen molar-refractivity contribution < 1.29 is 19.1 Å². The van der Waals surface area contributed by atoms with Gasteiger partial charge in [-0.2, -0.15) is 0 Å². The number of methoxy groups -OCH3 is 1. The molecule has 1 rings (SSSR count). The molecule has 0 heterocycles. The van der Waals surface area contributed by atoms with Crippen LogP contribution in [0.1, 0.15) is 27.2 Å². The molecule has 1 aromatic rings. The minimum atomic E-state index is -0.361. The molecule has 0 aromatic heterocycles. The van der Waals surface area contributed by atoms with Gasteiger partial charge in [-0.1, -0.05) is 32.0 Å². The summed E-state index contributed by atoms with van der Waals surface area (Å²) < 4.78 is 10.2. The average molecular weight is 307 g/mol. The quantitative estimate of drug-likeness (QED) is 0.692. The lowest BCUT2D eigenvalue weighted by Gasteiger charge is -2.30. The van der Waals surface area contributed by atoms with E-state index in [9.17, 15) is 9.59 Å². The topological polar surface area (TPSA) is 55.8 Å². The first-order valence-electron chi connectivity index (χ1n) is 7.54. The van der Waals surface area contributed by atoms with E-state index < -0.39 is 0 Å². The Balaban J connectivity index is 2.66. The van der Waals surface area contributed by atoms with Gasteiger partial charge in [0.05, 0.1) is 13.0 Å². The third kappa shape index (κ3) is 5.39. The van der Waals surface area contributed by atoms with Crippen LogP contribution in [0.4, 0.5) is 0 Å². The number of hydrogen-bond acceptors (Lipinski definition) is 4. The fourth-order valence-electron chi connectivity index (χ4n) is 2.06. The highest BCUT2D eigenvalue weighted by Gasteiger charge is 2.25. The lowest BCUT2D eigenvalue weighted by atomic mass is 10.1. The number of nitrogens with zero attached hydrogens (tertiary/aromatic N) is 1. The molecule has 0 spiro atoms. The molecule has 0 fully saturated rings. The number of para-hydroxylation sites is 1. The summed E-state index contributed by atoms with van der Waals surface area (Å²) >= 11 is 0. The summed E-state index contributed by atoms with van der Waals surface area (Å²) in [6.07, 6.45) is 0.810. The molecule has 0 aliphatic rings. The molecule has 5 nitrogen and oxygen atoms in total. The smallest absolute Gasteiger partial charge is 0.310 e. The number of rotatable bonds is 8. The molecular weight excluding hydrogens is 282 g/mol. The second-order valence-corrected chi connectivity index (χ2v) is 5.33. The lowest BCUT2D eigenvalue weighted by Crippen LogP contribution is -2.44. The normalized spacial score (nSPS) is 13.1. The van der Waals surface area contributed by atoms with Crippen LogP contribution in [0.3, 0.4) is 0 Å². The van der Waals surface area contributed by atoms with E-state index in [1.54, 1.807) is 24.0 Å². The molecule has 22 heavy (non-hydrogen) atoms. The van der Waals surface area contributed by atoms with Crippen molar-refractivity contribution in [2.75, 3.05) is 20.3 Å². The Bertz CT molecular complexity index is 475. The van der Waals surface area contributed by atoms with E-state index in [0.29, 0.717) is 12.3 Å². The monoisotopic (exact) mass is 307 g/mol. The van der Waals surface area contributed by atoms with Crippen molar-refractivity contribution in [2.24, 2.45) is 5.92 Å². The molecule has 122 valence electrons. The number of esters is 1. The van der Waals surface area contributed by atoms with Crippen molar-refractivity contribution in [3.05, 3.63) is 30.3 Å². The standard InChI is InChI=1S/C17H25NO4/c1-5-14(3)18(11-13(2)17(20)21-4)16(19)12-22-15-9-7-6-8-10-15/h6-10,13-14H,5,11-12H2,1-4H3. The number of benzene rings is 1. The maximum absolute atomic E-state index is 12.4. The van der Waals surface area contributed by atoms with E-state index >= 15 is 0 Å². The van der Waals surface area contributed by atoms with E-state index in [0.717, 1.165) is 6.42 Å². The van der Waals surface area contributed by atoms with Gasteiger partial charge in [-0.15, -0.1) is 0 Å². The average Bonchev–Trinajstić information content (AvgIpc) is 2.56. The van der Waals surface area contributed by atoms with Crippen LogP contribution < -0.4 is 4.74 Å². The van der Waals surface area contributed by atoms with E-state index in [4.69, 9.17) is 9.47 Å². The van der Waals surface area contributed by atoms with Crippen molar-refractivity contribution in [3.8, 4) is 5.75 Å². The molecule has 1 amide bonds. The van der Waals surface area contributed by atoms with Crippen LogP contribution in [0.25, 0.3) is 0 Å². The fourth-order valence-corrected chi connectivity index (χ4v) is 2.06. The van der Waals surface area contributed by atoms with Crippen molar-refractivity contribution in [3.63, 3.8) is 0 Å². The second-order valence-electron chi connectivity index (χ2n) is 5.33. The van der Waals surface area contributed by atoms with Gasteiger partial charge in [0.25, 0.3) is 5.91 Å². The number of carbonyl (C=O) groups is 2. The Kier molecular flexibility index (Phi) is 7.43. The van der Waals surface area contributed by atoms with E-state index in [1.807, 2.05) is 32.0 Å². The van der Waals surface area contributed by atoms with Gasteiger partial charge in [0.15, 0.2) is 6.61 Å². The first-order valence-corrected chi connectivity index (χ1v) is 7.54. The highest BCUT2D eigenvalue weighted by atomic mass is 16.5. The van der Waals surface area contributed by atoms with E-state index in [1.165, 1.54) is 7.11 Å². The summed E-state index contributed by atoms with van der Waals surface area (Å²) in [5, 5.41) is 0. The van der Waals surface area contributed by atoms with Gasteiger partial charge in [0.1, 0.15) is 5.75 Å². The van der Waals surface area contributed by atoms with Crippen molar-refractivity contribution in [1.29, 1.82) is 0 Å². The minimum absolute atomic E-state index is 0.0394. The predicted molar refractivity (Wildman–Crippen MR) is 84.6 cm³/mol. The second kappa shape index (κ2) is 9.07. The first kappa shape index (κ1) is 18.0. The molecule has 0 saturated carbocycles. The maximum Gasteiger partial charge on any atom is 0.310 e. The minimum Gasteiger partial charge on any atom is -0.484 e. The summed E-state index contributed by atoms with van der Waals surface area (Å²) in [6, 6.07) is 9.24. The van der Waals surface area contributed by atoms with Gasteiger partial charge in [0.2, 0.25) is 0 Å². The zero-order valence-corrected chi connectivity index (χ0v) is 13.7. The third-order valence-electron chi connectivity index (χ3n) is 3.62. The molecule has 0 aliphatic carbocycles. The number of amides is 1. The molecule has 0 radical (unpaired) electrons. The van der Waals surface area contributed by atoms with Gasteiger partial charge >= 0.3 is 5.97 Å². The number of hydrogen-bond donors (Lipinski definition) is 0. The Labute approximate surface area is 132 Å². The Hall–Kier alpha value is -2.04. The molecule has 5 heteroatoms. The van der Waals surface area contributed by atoms with Crippen LogP contribution in [-0.4, -0.2) is 43.1 Å². The van der Waals surface area contributed by atoms with Crippen molar-refractivity contribution >= 4 is 11.9 Å². The van der Waals surface area contributed by atoms with Crippen LogP contribution in [-0.2, 0) is 14.3 Å². The molecule has 0 N–H and O–H groups in total. The van der Waals surface area contributed by atoms with Crippen LogP contribution in [0.15, 0.2) is 30.3 Å². The van der Waals surface area contributed by atoms with Crippen LogP contribution in [0.2, 0.25) is 0 Å². The Morgan fingerprint density at radius 3 is 2.36 bits per heavy atom. The number of carbonyl (C=O) groups excluding carboxylic acids is 2. The van der Waals surface area contributed by atoms with E-state index in [-0.39, 0.29) is 30.4 Å². The van der Waals surface area contributed by atoms with Crippen LogP contribution in [0.5, 0.6) is 5.75 Å². The van der Waals surface area contributed by atoms with Crippen LogP contribution in [0, 0.1) is 5.92 Å². The summed E-state index contributed by atoms with van der Waals surface area (Å²) in [7, 11) is 1.35. The van der Waals surface area contributed by atoms with Crippen LogP contribution >= 0.6 is 0 Å². The van der Waals surface area contributed by atoms with Gasteiger partial charge in [0, 0.05) is 12.6 Å². The third-order valence-corrected chi connectivity index (χ3v) is 3.62. The molecular formula is C17H25NO4. The largest absolute Gasteiger partial charge is 0.484 e. The zero-order valence-electron chi connectivity index (χ0n) is 13.7. The molecule has 2 atom stereocenters. The van der Waals surface area contributed by atoms with Crippen molar-refractivity contribution in [2.45, 2.75) is 33.2 Å². The fraction of sp³-hybridized carbons (Fsp3) is 0.529. The molecule has 0 aliphatic heterocycles. The van der Waals surface area contributed by atoms with Gasteiger partial charge in [-0.05, 0) is 25.5 Å². The maximum atomic E-state index is 12.4. The summed E-state index contributed by atoms with van der Waals surface area (Å²) in [5.74, 6) is -0.153. The molecule has 1 aromatic carbocycles. The summed E-state index contributed by atoms with van der Waals surface area (Å²) in [4.78, 5) is 25.7. The first-order chi connectivity index (χ1) is 10.5. The lowest BCUT2D eigenvalue weighted by molar-refractivity contribution is -0.147. The SMILES string of the molecule is CCC(C)N(CC(C)C(=O)OC)C(=O)COc1ccccc1. The van der Waals surface area contributed by atoms with Gasteiger partial charge in [-0.3, -0.25) is 9.59 Å². The summed E-state index contributed by atoms with van der Waals surface area (Å²) in [5.41, 5.74) is 0. The number of ether oxygens (including phenoxy) is 2. The molecule has 0 bridgehead atoms. The Morgan fingerprint density at radius 2 is 1.82 bits per heavy atom.